The number of nitrogens with zero attached hydrogens (tertiary/aromatic N) is 1. The number of piperazine rings is 1. The van der Waals surface area contributed by atoms with Crippen molar-refractivity contribution in [3.8, 4) is 11.5 Å². The number of para-hydroxylation sites is 1. The zero-order valence-electron chi connectivity index (χ0n) is 14.1. The number of benzene rings is 1. The zero-order valence-corrected chi connectivity index (χ0v) is 14.1. The van der Waals surface area contributed by atoms with Crippen molar-refractivity contribution in [2.75, 3.05) is 46.4 Å². The van der Waals surface area contributed by atoms with Crippen molar-refractivity contribution < 1.29 is 9.47 Å². The second-order valence-corrected chi connectivity index (χ2v) is 5.85. The number of hydrogen-bond acceptors (Lipinski definition) is 4. The summed E-state index contributed by atoms with van der Waals surface area (Å²) in [6, 6.07) is 6.24. The Bertz CT molecular complexity index is 431. The van der Waals surface area contributed by atoms with Gasteiger partial charge in [0.15, 0.2) is 11.5 Å². The van der Waals surface area contributed by atoms with Crippen molar-refractivity contribution in [2.24, 2.45) is 0 Å². The monoisotopic (exact) mass is 306 g/mol. The van der Waals surface area contributed by atoms with Crippen LogP contribution in [-0.4, -0.2) is 51.3 Å². The minimum absolute atomic E-state index is 0.761. The number of hydrogen-bond donors (Lipinski definition) is 1. The van der Waals surface area contributed by atoms with Crippen molar-refractivity contribution in [3.63, 3.8) is 0 Å². The lowest BCUT2D eigenvalue weighted by molar-refractivity contribution is 0.238. The van der Waals surface area contributed by atoms with Gasteiger partial charge in [-0.2, -0.15) is 0 Å². The van der Waals surface area contributed by atoms with Crippen molar-refractivity contribution in [1.29, 1.82) is 0 Å². The summed E-state index contributed by atoms with van der Waals surface area (Å²) >= 11 is 0. The van der Waals surface area contributed by atoms with Gasteiger partial charge in [0, 0.05) is 26.2 Å². The van der Waals surface area contributed by atoms with Gasteiger partial charge in [0.25, 0.3) is 0 Å². The number of nitrogens with one attached hydrogen (secondary N) is 1. The summed E-state index contributed by atoms with van der Waals surface area (Å²) in [5.74, 6) is 1.80. The fourth-order valence-electron chi connectivity index (χ4n) is 2.86. The molecule has 1 aliphatic rings. The van der Waals surface area contributed by atoms with Crippen molar-refractivity contribution >= 4 is 0 Å². The minimum Gasteiger partial charge on any atom is -0.493 e. The maximum atomic E-state index is 5.86. The first kappa shape index (κ1) is 17.1. The van der Waals surface area contributed by atoms with Gasteiger partial charge in [0.1, 0.15) is 0 Å². The van der Waals surface area contributed by atoms with E-state index in [2.05, 4.69) is 29.3 Å². The molecule has 1 N–H and O–H groups in total. The van der Waals surface area contributed by atoms with Crippen molar-refractivity contribution in [1.82, 2.24) is 10.2 Å². The normalized spacial score (nSPS) is 15.7. The van der Waals surface area contributed by atoms with Gasteiger partial charge in [0.05, 0.1) is 13.7 Å². The average molecular weight is 306 g/mol. The van der Waals surface area contributed by atoms with Gasteiger partial charge in [-0.15, -0.1) is 0 Å². The number of unbranched alkanes of at least 4 members (excludes halogenated alkanes) is 1. The first-order chi connectivity index (χ1) is 10.8. The van der Waals surface area contributed by atoms with Gasteiger partial charge < -0.3 is 19.7 Å². The third-order valence-corrected chi connectivity index (χ3v) is 4.15. The van der Waals surface area contributed by atoms with Crippen LogP contribution in [-0.2, 0) is 6.42 Å². The maximum Gasteiger partial charge on any atom is 0.163 e. The Morgan fingerprint density at radius 1 is 1.18 bits per heavy atom. The van der Waals surface area contributed by atoms with Crippen LogP contribution >= 0.6 is 0 Å². The Kier molecular flexibility index (Phi) is 7.54. The van der Waals surface area contributed by atoms with Crippen LogP contribution in [0.4, 0.5) is 0 Å². The predicted molar refractivity (Wildman–Crippen MR) is 91.0 cm³/mol. The van der Waals surface area contributed by atoms with Crippen LogP contribution in [0.25, 0.3) is 0 Å². The number of aryl methyl sites for hydroxylation is 1. The van der Waals surface area contributed by atoms with E-state index in [1.807, 2.05) is 6.07 Å². The van der Waals surface area contributed by atoms with E-state index >= 15 is 0 Å². The van der Waals surface area contributed by atoms with E-state index in [1.165, 1.54) is 5.56 Å². The summed E-state index contributed by atoms with van der Waals surface area (Å²) in [6.45, 7) is 8.65. The molecule has 4 heteroatoms. The van der Waals surface area contributed by atoms with Crippen LogP contribution in [0.15, 0.2) is 18.2 Å². The SMILES string of the molecule is CCCCOc1cccc(CCCN2CCNCC2)c1OC. The lowest BCUT2D eigenvalue weighted by Crippen LogP contribution is -2.43. The molecule has 0 amide bonds. The number of methoxy groups -OCH3 is 1. The first-order valence-corrected chi connectivity index (χ1v) is 8.57. The standard InChI is InChI=1S/C18H30N2O2/c1-3-4-15-22-17-9-5-7-16(18(17)21-2)8-6-12-20-13-10-19-11-14-20/h5,7,9,19H,3-4,6,8,10-15H2,1-2H3. The Hall–Kier alpha value is -1.26. The lowest BCUT2D eigenvalue weighted by atomic mass is 10.1. The summed E-state index contributed by atoms with van der Waals surface area (Å²) in [7, 11) is 1.74. The molecule has 0 atom stereocenters. The maximum absolute atomic E-state index is 5.86. The van der Waals surface area contributed by atoms with E-state index in [0.717, 1.165) is 76.5 Å². The molecule has 1 aromatic rings. The van der Waals surface area contributed by atoms with Crippen LogP contribution in [0.5, 0.6) is 11.5 Å². The Morgan fingerprint density at radius 2 is 2.00 bits per heavy atom. The Morgan fingerprint density at radius 3 is 2.73 bits per heavy atom. The second-order valence-electron chi connectivity index (χ2n) is 5.85. The van der Waals surface area contributed by atoms with Crippen molar-refractivity contribution in [2.45, 2.75) is 32.6 Å². The molecule has 0 radical (unpaired) electrons. The highest BCUT2D eigenvalue weighted by atomic mass is 16.5. The fourth-order valence-corrected chi connectivity index (χ4v) is 2.86. The topological polar surface area (TPSA) is 33.7 Å². The first-order valence-electron chi connectivity index (χ1n) is 8.57. The predicted octanol–water partition coefficient (Wildman–Crippen LogP) is 2.71. The Labute approximate surface area is 134 Å². The Balaban J connectivity index is 1.87. The van der Waals surface area contributed by atoms with E-state index in [4.69, 9.17) is 9.47 Å². The van der Waals surface area contributed by atoms with E-state index < -0.39 is 0 Å². The van der Waals surface area contributed by atoms with Crippen LogP contribution < -0.4 is 14.8 Å². The second kappa shape index (κ2) is 9.70. The van der Waals surface area contributed by atoms with E-state index in [9.17, 15) is 0 Å². The molecule has 0 aliphatic carbocycles. The van der Waals surface area contributed by atoms with Gasteiger partial charge in [-0.05, 0) is 37.4 Å². The molecule has 1 aliphatic heterocycles. The average Bonchev–Trinajstić information content (AvgIpc) is 2.56. The number of rotatable bonds is 9. The molecule has 0 saturated carbocycles. The van der Waals surface area contributed by atoms with Gasteiger partial charge >= 0.3 is 0 Å². The molecular formula is C18H30N2O2. The van der Waals surface area contributed by atoms with Crippen molar-refractivity contribution in [3.05, 3.63) is 23.8 Å². The van der Waals surface area contributed by atoms with Crippen LogP contribution in [0.3, 0.4) is 0 Å². The number of ether oxygens (including phenoxy) is 2. The highest BCUT2D eigenvalue weighted by Gasteiger charge is 2.12. The van der Waals surface area contributed by atoms with Crippen LogP contribution in [0.2, 0.25) is 0 Å². The molecule has 1 fully saturated rings. The van der Waals surface area contributed by atoms with Gasteiger partial charge in [-0.25, -0.2) is 0 Å². The van der Waals surface area contributed by atoms with Crippen LogP contribution in [0, 0.1) is 0 Å². The molecule has 2 rings (SSSR count). The lowest BCUT2D eigenvalue weighted by Gasteiger charge is -2.27. The quantitative estimate of drug-likeness (QED) is 0.711. The highest BCUT2D eigenvalue weighted by Crippen LogP contribution is 2.32. The molecule has 0 aromatic heterocycles. The smallest absolute Gasteiger partial charge is 0.163 e. The molecule has 0 spiro atoms. The van der Waals surface area contributed by atoms with Gasteiger partial charge in [-0.1, -0.05) is 25.5 Å². The zero-order chi connectivity index (χ0) is 15.6. The molecule has 1 aromatic carbocycles. The molecule has 0 bridgehead atoms. The molecule has 4 nitrogen and oxygen atoms in total. The van der Waals surface area contributed by atoms with E-state index in [1.54, 1.807) is 7.11 Å². The van der Waals surface area contributed by atoms with E-state index in [-0.39, 0.29) is 0 Å². The van der Waals surface area contributed by atoms with E-state index in [0.29, 0.717) is 0 Å². The summed E-state index contributed by atoms with van der Waals surface area (Å²) in [6.07, 6.45) is 4.43. The highest BCUT2D eigenvalue weighted by molar-refractivity contribution is 5.46. The third kappa shape index (κ3) is 5.18. The van der Waals surface area contributed by atoms with Crippen LogP contribution in [0.1, 0.15) is 31.7 Å². The minimum atomic E-state index is 0.761. The molecule has 0 unspecified atom stereocenters. The van der Waals surface area contributed by atoms with Gasteiger partial charge in [0.2, 0.25) is 0 Å². The summed E-state index contributed by atoms with van der Waals surface area (Å²) in [4.78, 5) is 2.53. The molecule has 1 heterocycles. The fraction of sp³-hybridized carbons (Fsp3) is 0.667. The molecule has 124 valence electrons. The molecule has 1 saturated heterocycles. The third-order valence-electron chi connectivity index (χ3n) is 4.15. The molecular weight excluding hydrogens is 276 g/mol. The summed E-state index contributed by atoms with van der Waals surface area (Å²) < 4.78 is 11.5. The summed E-state index contributed by atoms with van der Waals surface area (Å²) in [5.41, 5.74) is 1.26. The largest absolute Gasteiger partial charge is 0.493 e. The molecule has 22 heavy (non-hydrogen) atoms. The summed E-state index contributed by atoms with van der Waals surface area (Å²) in [5, 5.41) is 3.39. The van der Waals surface area contributed by atoms with Gasteiger partial charge in [-0.3, -0.25) is 0 Å².